The third-order valence-corrected chi connectivity index (χ3v) is 6.46. The number of nitrogens with zero attached hydrogens (tertiary/aromatic N) is 2. The quantitative estimate of drug-likeness (QED) is 0.660. The highest BCUT2D eigenvalue weighted by Gasteiger charge is 2.56. The lowest BCUT2D eigenvalue weighted by Gasteiger charge is -2.23. The summed E-state index contributed by atoms with van der Waals surface area (Å²) >= 11 is 0. The number of fused-ring (bicyclic) bond motifs is 3. The van der Waals surface area contributed by atoms with Gasteiger partial charge in [-0.15, -0.1) is 0 Å². The van der Waals surface area contributed by atoms with Gasteiger partial charge in [0.1, 0.15) is 36.3 Å². The summed E-state index contributed by atoms with van der Waals surface area (Å²) in [4.78, 5) is 8.93. The maximum atomic E-state index is 9.78. The van der Waals surface area contributed by atoms with E-state index in [2.05, 4.69) is 39.6 Å². The maximum absolute atomic E-state index is 9.78. The first-order valence-electron chi connectivity index (χ1n) is 10.7. The van der Waals surface area contributed by atoms with Crippen molar-refractivity contribution in [3.63, 3.8) is 0 Å². The monoisotopic (exact) mass is 423 g/mol. The molecule has 1 aliphatic carbocycles. The molecule has 4 heterocycles. The van der Waals surface area contributed by atoms with Gasteiger partial charge in [0.2, 0.25) is 0 Å². The number of rotatable bonds is 4. The van der Waals surface area contributed by atoms with Crippen molar-refractivity contribution in [3.8, 4) is 0 Å². The molecule has 1 aromatic carbocycles. The lowest BCUT2D eigenvalue weighted by atomic mass is 10.0. The smallest absolute Gasteiger partial charge is 0.194 e. The molecular weight excluding hydrogens is 398 g/mol. The second kappa shape index (κ2) is 7.00. The molecule has 6 rings (SSSR count). The number of aromatic nitrogens is 2. The van der Waals surface area contributed by atoms with E-state index in [1.54, 1.807) is 6.26 Å². The van der Waals surface area contributed by atoms with E-state index in [4.69, 9.17) is 18.6 Å². The minimum absolute atomic E-state index is 0.143. The van der Waals surface area contributed by atoms with Crippen LogP contribution in [0.3, 0.4) is 0 Å². The van der Waals surface area contributed by atoms with Crippen molar-refractivity contribution < 1.29 is 23.7 Å². The molecule has 8 heteroatoms. The molecule has 0 bridgehead atoms. The van der Waals surface area contributed by atoms with Crippen LogP contribution >= 0.6 is 0 Å². The average Bonchev–Trinajstić information content (AvgIpc) is 3.50. The van der Waals surface area contributed by atoms with Crippen LogP contribution in [-0.2, 0) is 20.6 Å². The molecule has 162 valence electrons. The van der Waals surface area contributed by atoms with Gasteiger partial charge in [0.25, 0.3) is 0 Å². The summed E-state index contributed by atoms with van der Waals surface area (Å²) in [6.07, 6.45) is 3.65. The maximum Gasteiger partial charge on any atom is 0.194 e. The summed E-state index contributed by atoms with van der Waals surface area (Å²) in [7, 11) is 0. The third-order valence-electron chi connectivity index (χ3n) is 6.46. The van der Waals surface area contributed by atoms with Crippen LogP contribution in [0, 0.1) is 0 Å². The standard InChI is InChI=1S/C23H25N3O5/c1-23(2)30-19-16(9-27)29-18(21(19)31-23)14-10-28-20-17(14)24-11-25-22(20)26-15-8-7-12-5-3-4-6-13(12)15/h3-6,10-11,15-16,18-19,21,27H,7-9H2,1-2H3,(H,24,25,26)/t15-,16+,18-,19+,21-/m0/s1. The normalized spacial score (nSPS) is 31.1. The molecule has 3 aromatic rings. The molecule has 0 radical (unpaired) electrons. The summed E-state index contributed by atoms with van der Waals surface area (Å²) in [5.41, 5.74) is 4.71. The molecule has 0 amide bonds. The van der Waals surface area contributed by atoms with Crippen molar-refractivity contribution in [1.29, 1.82) is 0 Å². The molecule has 8 nitrogen and oxygen atoms in total. The number of nitrogens with one attached hydrogen (secondary N) is 1. The molecule has 2 fully saturated rings. The first kappa shape index (κ1) is 19.2. The minimum Gasteiger partial charge on any atom is -0.458 e. The van der Waals surface area contributed by atoms with Gasteiger partial charge in [-0.3, -0.25) is 0 Å². The van der Waals surface area contributed by atoms with Crippen molar-refractivity contribution >= 4 is 16.9 Å². The molecule has 2 N–H and O–H groups in total. The third kappa shape index (κ3) is 3.05. The van der Waals surface area contributed by atoms with Gasteiger partial charge in [0.05, 0.1) is 18.9 Å². The number of aliphatic hydroxyl groups is 1. The fourth-order valence-corrected chi connectivity index (χ4v) is 5.13. The number of aryl methyl sites for hydroxylation is 1. The van der Waals surface area contributed by atoms with E-state index in [9.17, 15) is 5.11 Å². The van der Waals surface area contributed by atoms with Gasteiger partial charge in [-0.2, -0.15) is 0 Å². The van der Waals surface area contributed by atoms with E-state index in [0.29, 0.717) is 16.9 Å². The Morgan fingerprint density at radius 3 is 2.84 bits per heavy atom. The molecule has 0 saturated carbocycles. The van der Waals surface area contributed by atoms with Crippen molar-refractivity contribution in [1.82, 2.24) is 9.97 Å². The fourth-order valence-electron chi connectivity index (χ4n) is 5.13. The molecule has 2 aromatic heterocycles. The van der Waals surface area contributed by atoms with E-state index < -0.39 is 18.0 Å². The van der Waals surface area contributed by atoms with Gasteiger partial charge in [0.15, 0.2) is 17.2 Å². The molecule has 31 heavy (non-hydrogen) atoms. The van der Waals surface area contributed by atoms with Crippen LogP contribution in [0.1, 0.15) is 49.1 Å². The van der Waals surface area contributed by atoms with Gasteiger partial charge in [0, 0.05) is 5.56 Å². The predicted molar refractivity (Wildman–Crippen MR) is 111 cm³/mol. The zero-order valence-electron chi connectivity index (χ0n) is 17.4. The zero-order valence-corrected chi connectivity index (χ0v) is 17.4. The summed E-state index contributed by atoms with van der Waals surface area (Å²) < 4.78 is 24.1. The lowest BCUT2D eigenvalue weighted by Crippen LogP contribution is -2.31. The highest BCUT2D eigenvalue weighted by Crippen LogP contribution is 2.47. The summed E-state index contributed by atoms with van der Waals surface area (Å²) in [5.74, 6) is -0.0721. The van der Waals surface area contributed by atoms with Crippen LogP contribution in [0.4, 0.5) is 5.82 Å². The number of furan rings is 1. The van der Waals surface area contributed by atoms with Gasteiger partial charge in [-0.25, -0.2) is 9.97 Å². The van der Waals surface area contributed by atoms with E-state index in [0.717, 1.165) is 18.4 Å². The van der Waals surface area contributed by atoms with Crippen LogP contribution in [-0.4, -0.2) is 45.8 Å². The van der Waals surface area contributed by atoms with E-state index in [1.807, 2.05) is 13.8 Å². The molecule has 5 atom stereocenters. The van der Waals surface area contributed by atoms with Crippen LogP contribution in [0.25, 0.3) is 11.1 Å². The molecule has 0 spiro atoms. The first-order valence-corrected chi connectivity index (χ1v) is 10.7. The highest BCUT2D eigenvalue weighted by atomic mass is 16.8. The zero-order chi connectivity index (χ0) is 21.2. The van der Waals surface area contributed by atoms with Crippen molar-refractivity contribution in [2.75, 3.05) is 11.9 Å². The second-order valence-corrected chi connectivity index (χ2v) is 8.87. The van der Waals surface area contributed by atoms with Crippen LogP contribution < -0.4 is 5.32 Å². The Bertz CT molecular complexity index is 1130. The van der Waals surface area contributed by atoms with Crippen molar-refractivity contribution in [3.05, 3.63) is 53.5 Å². The van der Waals surface area contributed by atoms with Gasteiger partial charge in [-0.05, 0) is 37.8 Å². The Hall–Kier alpha value is -2.52. The number of anilines is 1. The molecule has 0 unspecified atom stereocenters. The van der Waals surface area contributed by atoms with E-state index >= 15 is 0 Å². The lowest BCUT2D eigenvalue weighted by molar-refractivity contribution is -0.191. The number of hydrogen-bond donors (Lipinski definition) is 2. The van der Waals surface area contributed by atoms with Crippen molar-refractivity contribution in [2.45, 2.75) is 62.9 Å². The fraction of sp³-hybridized carbons (Fsp3) is 0.478. The van der Waals surface area contributed by atoms with Crippen LogP contribution in [0.15, 0.2) is 41.3 Å². The minimum atomic E-state index is -0.734. The number of benzene rings is 1. The highest BCUT2D eigenvalue weighted by molar-refractivity contribution is 5.86. The Labute approximate surface area is 179 Å². The Morgan fingerprint density at radius 1 is 1.13 bits per heavy atom. The number of hydrogen-bond acceptors (Lipinski definition) is 8. The predicted octanol–water partition coefficient (Wildman–Crippen LogP) is 3.27. The van der Waals surface area contributed by atoms with Gasteiger partial charge in [-0.1, -0.05) is 24.3 Å². The Morgan fingerprint density at radius 2 is 1.97 bits per heavy atom. The summed E-state index contributed by atoms with van der Waals surface area (Å²) in [5, 5.41) is 13.3. The number of aliphatic hydroxyl groups excluding tert-OH is 1. The average molecular weight is 423 g/mol. The van der Waals surface area contributed by atoms with Crippen LogP contribution in [0.2, 0.25) is 0 Å². The SMILES string of the molecule is CC1(C)O[C@@H]2[C@H](O1)[C@@H](CO)O[C@H]2c1coc2c(N[C@H]3CCc4ccccc43)ncnc12. The topological polar surface area (TPSA) is 98.9 Å². The van der Waals surface area contributed by atoms with E-state index in [-0.39, 0.29) is 24.9 Å². The Kier molecular flexibility index (Phi) is 4.33. The largest absolute Gasteiger partial charge is 0.458 e. The molecule has 3 aliphatic rings. The Balaban J connectivity index is 1.33. The van der Waals surface area contributed by atoms with Gasteiger partial charge >= 0.3 is 0 Å². The van der Waals surface area contributed by atoms with E-state index in [1.165, 1.54) is 17.5 Å². The first-order chi connectivity index (χ1) is 15.0. The molecule has 2 aliphatic heterocycles. The molecular formula is C23H25N3O5. The molecule has 2 saturated heterocycles. The second-order valence-electron chi connectivity index (χ2n) is 8.87. The van der Waals surface area contributed by atoms with Crippen molar-refractivity contribution in [2.24, 2.45) is 0 Å². The summed E-state index contributed by atoms with van der Waals surface area (Å²) in [6, 6.07) is 8.66. The van der Waals surface area contributed by atoms with Gasteiger partial charge < -0.3 is 29.1 Å². The summed E-state index contributed by atoms with van der Waals surface area (Å²) in [6.45, 7) is 3.59. The number of ether oxygens (including phenoxy) is 3. The van der Waals surface area contributed by atoms with Crippen LogP contribution in [0.5, 0.6) is 0 Å².